The standard InChI is InChI=1S/C15H20O2/c1-8-6-10(3)11(7-9(8)2)12-13(14(16)17)15(12,4)5/h6-7,12-13H,1-5H3,(H,16,17). The van der Waals surface area contributed by atoms with Crippen LogP contribution in [0.5, 0.6) is 0 Å². The van der Waals surface area contributed by atoms with E-state index in [0.29, 0.717) is 0 Å². The lowest BCUT2D eigenvalue weighted by molar-refractivity contribution is -0.139. The smallest absolute Gasteiger partial charge is 0.307 e. The van der Waals surface area contributed by atoms with Crippen molar-refractivity contribution in [2.24, 2.45) is 11.3 Å². The van der Waals surface area contributed by atoms with Crippen molar-refractivity contribution < 1.29 is 9.90 Å². The van der Waals surface area contributed by atoms with Gasteiger partial charge in [0.1, 0.15) is 0 Å². The molecule has 1 aliphatic rings. The number of benzene rings is 1. The van der Waals surface area contributed by atoms with Gasteiger partial charge in [0.2, 0.25) is 0 Å². The third kappa shape index (κ3) is 1.76. The van der Waals surface area contributed by atoms with Crippen molar-refractivity contribution in [1.29, 1.82) is 0 Å². The molecule has 0 aliphatic heterocycles. The number of aryl methyl sites for hydroxylation is 3. The van der Waals surface area contributed by atoms with Gasteiger partial charge < -0.3 is 5.11 Å². The van der Waals surface area contributed by atoms with E-state index in [-0.39, 0.29) is 17.3 Å². The topological polar surface area (TPSA) is 37.3 Å². The van der Waals surface area contributed by atoms with Crippen molar-refractivity contribution in [3.8, 4) is 0 Å². The van der Waals surface area contributed by atoms with Crippen LogP contribution in [-0.2, 0) is 4.79 Å². The second-order valence-corrected chi connectivity index (χ2v) is 5.91. The first-order valence-corrected chi connectivity index (χ1v) is 6.07. The second kappa shape index (κ2) is 3.59. The van der Waals surface area contributed by atoms with E-state index in [0.717, 1.165) is 0 Å². The minimum atomic E-state index is -0.669. The molecule has 0 bridgehead atoms. The van der Waals surface area contributed by atoms with Crippen molar-refractivity contribution in [2.75, 3.05) is 0 Å². The minimum Gasteiger partial charge on any atom is -0.481 e. The monoisotopic (exact) mass is 232 g/mol. The van der Waals surface area contributed by atoms with Gasteiger partial charge in [-0.25, -0.2) is 0 Å². The first-order valence-electron chi connectivity index (χ1n) is 6.07. The van der Waals surface area contributed by atoms with Crippen LogP contribution in [0.3, 0.4) is 0 Å². The number of rotatable bonds is 2. The van der Waals surface area contributed by atoms with Crippen LogP contribution in [0.2, 0.25) is 0 Å². The molecule has 0 aromatic heterocycles. The Kier molecular flexibility index (Phi) is 2.57. The average Bonchev–Trinajstić information content (AvgIpc) is 2.75. The Hall–Kier alpha value is -1.31. The zero-order valence-corrected chi connectivity index (χ0v) is 11.2. The zero-order valence-electron chi connectivity index (χ0n) is 11.2. The summed E-state index contributed by atoms with van der Waals surface area (Å²) in [7, 11) is 0. The van der Waals surface area contributed by atoms with E-state index in [1.165, 1.54) is 22.3 Å². The molecular weight excluding hydrogens is 212 g/mol. The average molecular weight is 232 g/mol. The summed E-state index contributed by atoms with van der Waals surface area (Å²) in [6.07, 6.45) is 0. The number of hydrogen-bond acceptors (Lipinski definition) is 1. The molecule has 2 rings (SSSR count). The van der Waals surface area contributed by atoms with Gasteiger partial charge in [-0.1, -0.05) is 26.0 Å². The Labute approximate surface area is 103 Å². The first-order chi connectivity index (χ1) is 7.76. The lowest BCUT2D eigenvalue weighted by atomic mass is 9.94. The summed E-state index contributed by atoms with van der Waals surface area (Å²) in [6, 6.07) is 4.33. The van der Waals surface area contributed by atoms with Gasteiger partial charge in [0, 0.05) is 5.92 Å². The van der Waals surface area contributed by atoms with Crippen LogP contribution in [0.25, 0.3) is 0 Å². The van der Waals surface area contributed by atoms with Crippen molar-refractivity contribution in [3.05, 3.63) is 34.4 Å². The van der Waals surface area contributed by atoms with Gasteiger partial charge in [-0.3, -0.25) is 4.79 Å². The molecule has 2 unspecified atom stereocenters. The Morgan fingerprint density at radius 2 is 1.65 bits per heavy atom. The molecule has 1 fully saturated rings. The summed E-state index contributed by atoms with van der Waals surface area (Å²) in [6.45, 7) is 10.4. The molecule has 2 nitrogen and oxygen atoms in total. The number of carbonyl (C=O) groups is 1. The van der Waals surface area contributed by atoms with Gasteiger partial charge >= 0.3 is 5.97 Å². The SMILES string of the molecule is Cc1cc(C)c(C2C(C(=O)O)C2(C)C)cc1C. The van der Waals surface area contributed by atoms with Crippen LogP contribution < -0.4 is 0 Å². The van der Waals surface area contributed by atoms with E-state index in [1.54, 1.807) is 0 Å². The Balaban J connectivity index is 2.44. The van der Waals surface area contributed by atoms with Crippen molar-refractivity contribution in [3.63, 3.8) is 0 Å². The minimum absolute atomic E-state index is 0.113. The molecule has 1 N–H and O–H groups in total. The number of aliphatic carboxylic acids is 1. The highest BCUT2D eigenvalue weighted by molar-refractivity contribution is 5.78. The lowest BCUT2D eigenvalue weighted by Crippen LogP contribution is -2.03. The number of carboxylic acid groups (broad SMARTS) is 1. The molecule has 0 amide bonds. The zero-order chi connectivity index (χ0) is 13.0. The normalized spacial score (nSPS) is 25.7. The predicted molar refractivity (Wildman–Crippen MR) is 68.3 cm³/mol. The number of hydrogen-bond donors (Lipinski definition) is 1. The highest BCUT2D eigenvalue weighted by atomic mass is 16.4. The maximum Gasteiger partial charge on any atom is 0.307 e. The molecule has 17 heavy (non-hydrogen) atoms. The second-order valence-electron chi connectivity index (χ2n) is 5.91. The Morgan fingerprint density at radius 3 is 2.12 bits per heavy atom. The van der Waals surface area contributed by atoms with Crippen molar-refractivity contribution in [1.82, 2.24) is 0 Å². The summed E-state index contributed by atoms with van der Waals surface area (Å²) in [5.41, 5.74) is 4.84. The van der Waals surface area contributed by atoms with Crippen LogP contribution in [-0.4, -0.2) is 11.1 Å². The van der Waals surface area contributed by atoms with Crippen LogP contribution in [0.1, 0.15) is 42.0 Å². The van der Waals surface area contributed by atoms with Crippen LogP contribution >= 0.6 is 0 Å². The molecule has 0 spiro atoms. The highest BCUT2D eigenvalue weighted by Crippen LogP contribution is 2.65. The first kappa shape index (κ1) is 12.2. The summed E-state index contributed by atoms with van der Waals surface area (Å²) >= 11 is 0. The van der Waals surface area contributed by atoms with E-state index in [4.69, 9.17) is 0 Å². The fourth-order valence-corrected chi connectivity index (χ4v) is 3.00. The predicted octanol–water partition coefficient (Wildman–Crippen LogP) is 3.44. The maximum atomic E-state index is 11.2. The quantitative estimate of drug-likeness (QED) is 0.848. The largest absolute Gasteiger partial charge is 0.481 e. The number of carboxylic acids is 1. The van der Waals surface area contributed by atoms with Gasteiger partial charge in [-0.15, -0.1) is 0 Å². The Bertz CT molecular complexity index is 486. The van der Waals surface area contributed by atoms with E-state index in [2.05, 4.69) is 32.9 Å². The Morgan fingerprint density at radius 1 is 1.12 bits per heavy atom. The van der Waals surface area contributed by atoms with Crippen LogP contribution in [0.4, 0.5) is 0 Å². The van der Waals surface area contributed by atoms with E-state index >= 15 is 0 Å². The van der Waals surface area contributed by atoms with Gasteiger partial charge in [0.05, 0.1) is 5.92 Å². The summed E-state index contributed by atoms with van der Waals surface area (Å²) in [5, 5.41) is 9.24. The summed E-state index contributed by atoms with van der Waals surface area (Å²) in [4.78, 5) is 11.2. The maximum absolute atomic E-state index is 11.2. The lowest BCUT2D eigenvalue weighted by Gasteiger charge is -2.10. The molecule has 1 saturated carbocycles. The molecule has 0 radical (unpaired) electrons. The van der Waals surface area contributed by atoms with Gasteiger partial charge in [-0.05, 0) is 48.4 Å². The summed E-state index contributed by atoms with van der Waals surface area (Å²) < 4.78 is 0. The molecular formula is C15H20O2. The van der Waals surface area contributed by atoms with Gasteiger partial charge in [0.15, 0.2) is 0 Å². The molecule has 92 valence electrons. The molecule has 0 saturated heterocycles. The van der Waals surface area contributed by atoms with Crippen molar-refractivity contribution >= 4 is 5.97 Å². The fourth-order valence-electron chi connectivity index (χ4n) is 3.00. The third-order valence-corrected chi connectivity index (χ3v) is 4.31. The summed E-state index contributed by atoms with van der Waals surface area (Å²) in [5.74, 6) is -0.736. The van der Waals surface area contributed by atoms with Gasteiger partial charge in [-0.2, -0.15) is 0 Å². The van der Waals surface area contributed by atoms with Gasteiger partial charge in [0.25, 0.3) is 0 Å². The van der Waals surface area contributed by atoms with Crippen LogP contribution in [0, 0.1) is 32.1 Å². The molecule has 2 atom stereocenters. The molecule has 1 aromatic carbocycles. The van der Waals surface area contributed by atoms with E-state index in [1.807, 2.05) is 13.8 Å². The third-order valence-electron chi connectivity index (χ3n) is 4.31. The molecule has 1 aromatic rings. The van der Waals surface area contributed by atoms with Crippen LogP contribution in [0.15, 0.2) is 12.1 Å². The van der Waals surface area contributed by atoms with E-state index in [9.17, 15) is 9.90 Å². The molecule has 1 aliphatic carbocycles. The van der Waals surface area contributed by atoms with Crippen molar-refractivity contribution in [2.45, 2.75) is 40.5 Å². The van der Waals surface area contributed by atoms with E-state index < -0.39 is 5.97 Å². The fraction of sp³-hybridized carbons (Fsp3) is 0.533. The molecule has 2 heteroatoms. The highest BCUT2D eigenvalue weighted by Gasteiger charge is 2.62. The molecule has 0 heterocycles.